The molecule has 0 aromatic carbocycles. The molecule has 4 rings (SSSR count). The average molecular weight is 475 g/mol. The molecule has 2 N–H and O–H groups in total. The molecule has 2 aromatic rings. The molecule has 10 heteroatoms. The summed E-state index contributed by atoms with van der Waals surface area (Å²) in [5.41, 5.74) is 3.08. The maximum Gasteiger partial charge on any atom is 0.306 e. The van der Waals surface area contributed by atoms with Crippen molar-refractivity contribution in [1.82, 2.24) is 19.7 Å². The van der Waals surface area contributed by atoms with E-state index in [0.29, 0.717) is 31.8 Å². The van der Waals surface area contributed by atoms with E-state index >= 15 is 0 Å². The minimum absolute atomic E-state index is 0.118. The van der Waals surface area contributed by atoms with Crippen molar-refractivity contribution in [3.05, 3.63) is 29.7 Å². The monoisotopic (exact) mass is 474 g/mol. The zero-order chi connectivity index (χ0) is 24.2. The molecule has 0 bridgehead atoms. The van der Waals surface area contributed by atoms with Gasteiger partial charge >= 0.3 is 5.97 Å². The minimum atomic E-state index is -1.05. The van der Waals surface area contributed by atoms with Crippen molar-refractivity contribution in [3.63, 3.8) is 0 Å². The Balaban J connectivity index is 1.42. The normalized spacial score (nSPS) is 23.9. The number of likely N-dealkylation sites (N-methyl/N-ethyl adjacent to an activating group) is 1. The second-order valence-corrected chi connectivity index (χ2v) is 9.17. The predicted octanol–water partition coefficient (Wildman–Crippen LogP) is 2.33. The topological polar surface area (TPSA) is 119 Å². The first kappa shape index (κ1) is 24.6. The van der Waals surface area contributed by atoms with E-state index in [1.54, 1.807) is 15.8 Å². The van der Waals surface area contributed by atoms with Crippen LogP contribution in [0.4, 0.5) is 0 Å². The largest absolute Gasteiger partial charge is 0.489 e. The molecule has 1 saturated carbocycles. The molecule has 1 saturated heterocycles. The number of aliphatic hydroxyl groups is 1. The molecule has 0 amide bonds. The van der Waals surface area contributed by atoms with E-state index in [4.69, 9.17) is 19.2 Å². The third-order valence-corrected chi connectivity index (χ3v) is 6.84. The quantitative estimate of drug-likeness (QED) is 0.528. The molecular weight excluding hydrogens is 440 g/mol. The van der Waals surface area contributed by atoms with Gasteiger partial charge in [-0.25, -0.2) is 4.98 Å². The molecule has 2 aromatic heterocycles. The highest BCUT2D eigenvalue weighted by Crippen LogP contribution is 2.31. The van der Waals surface area contributed by atoms with E-state index in [9.17, 15) is 15.0 Å². The Bertz CT molecular complexity index is 990. The maximum absolute atomic E-state index is 11.3. The van der Waals surface area contributed by atoms with Crippen LogP contribution in [-0.2, 0) is 27.9 Å². The van der Waals surface area contributed by atoms with Gasteiger partial charge in [-0.05, 0) is 58.2 Å². The molecule has 34 heavy (non-hydrogen) atoms. The highest BCUT2D eigenvalue weighted by atomic mass is 16.6. The van der Waals surface area contributed by atoms with Gasteiger partial charge in [0.05, 0.1) is 48.5 Å². The second kappa shape index (κ2) is 10.8. The highest BCUT2D eigenvalue weighted by molar-refractivity contribution is 5.70. The summed E-state index contributed by atoms with van der Waals surface area (Å²) in [5, 5.41) is 24.1. The van der Waals surface area contributed by atoms with Crippen LogP contribution in [0.15, 0.2) is 18.3 Å². The summed E-state index contributed by atoms with van der Waals surface area (Å²) in [6.07, 6.45) is 4.35. The number of carbonyl (C=O) groups is 1. The molecule has 2 aliphatic rings. The van der Waals surface area contributed by atoms with Crippen LogP contribution in [0.3, 0.4) is 0 Å². The average Bonchev–Trinajstić information content (AvgIpc) is 3.48. The number of aliphatic carboxylic acids is 1. The number of hydrogen-bond acceptors (Lipinski definition) is 8. The first-order valence-electron chi connectivity index (χ1n) is 11.8. The number of aromatic nitrogens is 3. The fourth-order valence-corrected chi connectivity index (χ4v) is 4.62. The Labute approximate surface area is 199 Å². The van der Waals surface area contributed by atoms with Crippen LogP contribution in [0, 0.1) is 12.8 Å². The molecule has 0 radical (unpaired) electrons. The summed E-state index contributed by atoms with van der Waals surface area (Å²) in [6, 6.07) is 3.88. The fourth-order valence-electron chi connectivity index (χ4n) is 4.62. The predicted molar refractivity (Wildman–Crippen MR) is 123 cm³/mol. The Kier molecular flexibility index (Phi) is 7.82. The Morgan fingerprint density at radius 3 is 2.88 bits per heavy atom. The van der Waals surface area contributed by atoms with Gasteiger partial charge in [-0.3, -0.25) is 14.4 Å². The van der Waals surface area contributed by atoms with Gasteiger partial charge < -0.3 is 24.4 Å². The van der Waals surface area contributed by atoms with E-state index < -0.39 is 12.4 Å². The van der Waals surface area contributed by atoms with Crippen LogP contribution < -0.4 is 4.74 Å². The molecule has 186 valence electrons. The summed E-state index contributed by atoms with van der Waals surface area (Å²) < 4.78 is 19.0. The molecule has 2 fully saturated rings. The lowest BCUT2D eigenvalue weighted by molar-refractivity contribution is -0.203. The van der Waals surface area contributed by atoms with Crippen molar-refractivity contribution in [2.45, 2.75) is 64.2 Å². The van der Waals surface area contributed by atoms with Crippen molar-refractivity contribution in [1.29, 1.82) is 0 Å². The summed E-state index contributed by atoms with van der Waals surface area (Å²) in [6.45, 7) is 3.33. The maximum atomic E-state index is 11.3. The number of carboxylic acids is 1. The first-order valence-corrected chi connectivity index (χ1v) is 11.8. The number of nitrogens with zero attached hydrogens (tertiary/aromatic N) is 4. The van der Waals surface area contributed by atoms with Crippen molar-refractivity contribution in [3.8, 4) is 17.0 Å². The molecule has 10 nitrogen and oxygen atoms in total. The number of carboxylic acid groups (broad SMARTS) is 1. The summed E-state index contributed by atoms with van der Waals surface area (Å²) in [7, 11) is 3.65. The van der Waals surface area contributed by atoms with Gasteiger partial charge in [0.1, 0.15) is 5.75 Å². The Hall–Kier alpha value is -2.53. The van der Waals surface area contributed by atoms with Gasteiger partial charge in [-0.1, -0.05) is 0 Å². The van der Waals surface area contributed by atoms with Gasteiger partial charge in [-0.2, -0.15) is 5.10 Å². The number of aliphatic hydroxyl groups excluding tert-OH is 1. The van der Waals surface area contributed by atoms with E-state index in [2.05, 4.69) is 5.10 Å². The van der Waals surface area contributed by atoms with Crippen molar-refractivity contribution < 1.29 is 29.2 Å². The molecular formula is C24H34N4O6. The number of pyridine rings is 1. The van der Waals surface area contributed by atoms with E-state index in [0.717, 1.165) is 41.9 Å². The smallest absolute Gasteiger partial charge is 0.306 e. The van der Waals surface area contributed by atoms with Gasteiger partial charge in [0.2, 0.25) is 6.41 Å². The van der Waals surface area contributed by atoms with Gasteiger partial charge in [0, 0.05) is 25.3 Å². The van der Waals surface area contributed by atoms with Crippen LogP contribution in [0.5, 0.6) is 5.75 Å². The molecule has 4 atom stereocenters. The van der Waals surface area contributed by atoms with Crippen molar-refractivity contribution >= 4 is 5.97 Å². The Morgan fingerprint density at radius 2 is 2.18 bits per heavy atom. The highest BCUT2D eigenvalue weighted by Gasteiger charge is 2.29. The zero-order valence-electron chi connectivity index (χ0n) is 20.0. The van der Waals surface area contributed by atoms with Gasteiger partial charge in [0.25, 0.3) is 0 Å². The van der Waals surface area contributed by atoms with E-state index in [1.165, 1.54) is 0 Å². The molecule has 0 spiro atoms. The van der Waals surface area contributed by atoms with Crippen LogP contribution in [0.25, 0.3) is 11.3 Å². The summed E-state index contributed by atoms with van der Waals surface area (Å²) in [4.78, 5) is 17.8. The molecule has 1 aliphatic carbocycles. The van der Waals surface area contributed by atoms with E-state index in [-0.39, 0.29) is 24.7 Å². The lowest BCUT2D eigenvalue weighted by atomic mass is 9.87. The van der Waals surface area contributed by atoms with Crippen LogP contribution in [0.2, 0.25) is 0 Å². The number of rotatable bonds is 9. The SMILES string of the molecule is Cc1nc(-c2cnn(C)c2COC(O)N(C)C2CCOC2)ccc1O[C@H]1CCC[C@H](C(=O)O)C1. The molecule has 1 aliphatic heterocycles. The number of ether oxygens (including phenoxy) is 3. The third kappa shape index (κ3) is 5.57. The minimum Gasteiger partial charge on any atom is -0.489 e. The molecule has 3 heterocycles. The van der Waals surface area contributed by atoms with Crippen LogP contribution >= 0.6 is 0 Å². The summed E-state index contributed by atoms with van der Waals surface area (Å²) >= 11 is 0. The third-order valence-electron chi connectivity index (χ3n) is 6.84. The number of aryl methyl sites for hydroxylation is 2. The second-order valence-electron chi connectivity index (χ2n) is 9.17. The molecule has 2 unspecified atom stereocenters. The lowest BCUT2D eigenvalue weighted by Crippen LogP contribution is -2.42. The lowest BCUT2D eigenvalue weighted by Gasteiger charge is -2.28. The summed E-state index contributed by atoms with van der Waals surface area (Å²) in [5.74, 6) is -0.435. The fraction of sp³-hybridized carbons (Fsp3) is 0.625. The van der Waals surface area contributed by atoms with Crippen molar-refractivity contribution in [2.24, 2.45) is 13.0 Å². The first-order chi connectivity index (χ1) is 16.3. The van der Waals surface area contributed by atoms with E-state index in [1.807, 2.05) is 33.2 Å². The Morgan fingerprint density at radius 1 is 1.35 bits per heavy atom. The van der Waals surface area contributed by atoms with Crippen LogP contribution in [0.1, 0.15) is 43.5 Å². The van der Waals surface area contributed by atoms with Gasteiger partial charge in [-0.15, -0.1) is 0 Å². The zero-order valence-corrected chi connectivity index (χ0v) is 20.0. The van der Waals surface area contributed by atoms with Gasteiger partial charge in [0.15, 0.2) is 0 Å². The van der Waals surface area contributed by atoms with Crippen LogP contribution in [-0.4, -0.2) is 74.7 Å². The van der Waals surface area contributed by atoms with Crippen molar-refractivity contribution in [2.75, 3.05) is 20.3 Å². The number of hydrogen-bond donors (Lipinski definition) is 2. The standard InChI is InChI=1S/C24H34N4O6/c1-15-22(34-18-6-4-5-16(11-18)23(29)30)8-7-20(26-15)19-12-25-28(3)21(19)14-33-24(31)27(2)17-9-10-32-13-17/h7-8,12,16-18,24,31H,4-6,9-11,13-14H2,1-3H3,(H,29,30)/t16-,17?,18-,24?/m0/s1.